The molecule has 1 fully saturated rings. The van der Waals surface area contributed by atoms with Crippen LogP contribution in [0.1, 0.15) is 25.7 Å². The smallest absolute Gasteiger partial charge is 0.253 e. The Morgan fingerprint density at radius 3 is 3.13 bits per heavy atom. The highest BCUT2D eigenvalue weighted by Gasteiger charge is 2.49. The fourth-order valence-electron chi connectivity index (χ4n) is 4.53. The van der Waals surface area contributed by atoms with Crippen molar-refractivity contribution in [3.63, 3.8) is 0 Å². The van der Waals surface area contributed by atoms with Gasteiger partial charge in [-0.3, -0.25) is 0 Å². The second kappa shape index (κ2) is 5.65. The number of nitrogens with one attached hydrogen (secondary N) is 1. The number of piperidine rings is 1. The van der Waals surface area contributed by atoms with Gasteiger partial charge in [0.25, 0.3) is 5.70 Å². The van der Waals surface area contributed by atoms with E-state index in [0.717, 1.165) is 37.5 Å². The predicted molar refractivity (Wildman–Crippen MR) is 92.7 cm³/mol. The zero-order chi connectivity index (χ0) is 14.7. The van der Waals surface area contributed by atoms with Crippen molar-refractivity contribution in [2.75, 3.05) is 20.2 Å². The van der Waals surface area contributed by atoms with E-state index in [1.165, 1.54) is 29.8 Å². The number of halogens is 1. The number of hydrogen-bond acceptors (Lipinski definition) is 4. The van der Waals surface area contributed by atoms with Gasteiger partial charge in [-0.15, -0.1) is 12.4 Å². The van der Waals surface area contributed by atoms with Gasteiger partial charge in [0, 0.05) is 31.7 Å². The normalized spacial score (nSPS) is 37.3. The van der Waals surface area contributed by atoms with Crippen LogP contribution in [0.25, 0.3) is 0 Å². The zero-order valence-electron chi connectivity index (χ0n) is 13.3. The first-order valence-corrected chi connectivity index (χ1v) is 8.36. The van der Waals surface area contributed by atoms with Gasteiger partial charge in [-0.2, -0.15) is 0 Å². The SMILES string of the molecule is COC1C=CC2=NC3=N/[N+]4=C5/CCNCC5CCCC3C2=C14.Cl. The Kier molecular flexibility index (Phi) is 3.75. The topological polar surface area (TPSA) is 49.0 Å². The average molecular weight is 334 g/mol. The van der Waals surface area contributed by atoms with Gasteiger partial charge in [0.15, 0.2) is 11.8 Å². The number of amidine groups is 1. The van der Waals surface area contributed by atoms with Gasteiger partial charge in [0.2, 0.25) is 5.84 Å². The second-order valence-electron chi connectivity index (χ2n) is 6.71. The van der Waals surface area contributed by atoms with Gasteiger partial charge in [0.05, 0.1) is 23.1 Å². The summed E-state index contributed by atoms with van der Waals surface area (Å²) in [6, 6.07) is 0. The second-order valence-corrected chi connectivity index (χ2v) is 6.71. The first kappa shape index (κ1) is 15.2. The Hall–Kier alpha value is -1.30. The Bertz CT molecular complexity index is 703. The van der Waals surface area contributed by atoms with Crippen molar-refractivity contribution >= 4 is 29.7 Å². The number of hydrogen-bond donors (Lipinski definition) is 1. The van der Waals surface area contributed by atoms with Gasteiger partial charge in [-0.25, -0.2) is 4.99 Å². The molecular weight excluding hydrogens is 312 g/mol. The van der Waals surface area contributed by atoms with Crippen LogP contribution >= 0.6 is 12.4 Å². The van der Waals surface area contributed by atoms with E-state index in [9.17, 15) is 0 Å². The number of hydrazone groups is 1. The molecule has 3 atom stereocenters. The molecule has 23 heavy (non-hydrogen) atoms. The van der Waals surface area contributed by atoms with Crippen LogP contribution in [0.4, 0.5) is 0 Å². The maximum absolute atomic E-state index is 5.76. The van der Waals surface area contributed by atoms with Crippen LogP contribution in [0.15, 0.2) is 33.5 Å². The lowest BCUT2D eigenvalue weighted by Crippen LogP contribution is -2.42. The molecule has 0 aromatic carbocycles. The highest BCUT2D eigenvalue weighted by Crippen LogP contribution is 2.41. The molecule has 0 aromatic heterocycles. The van der Waals surface area contributed by atoms with E-state index in [1.54, 1.807) is 7.11 Å². The average Bonchev–Trinajstić information content (AvgIpc) is 2.90. The molecule has 0 amide bonds. The molecule has 0 saturated carbocycles. The summed E-state index contributed by atoms with van der Waals surface area (Å²) in [5.74, 6) is 1.99. The molecule has 3 unspecified atom stereocenters. The minimum absolute atomic E-state index is 0. The summed E-state index contributed by atoms with van der Waals surface area (Å²) in [7, 11) is 1.79. The van der Waals surface area contributed by atoms with Crippen molar-refractivity contribution in [2.24, 2.45) is 21.9 Å². The quantitative estimate of drug-likeness (QED) is 0.745. The first-order valence-electron chi connectivity index (χ1n) is 8.36. The minimum Gasteiger partial charge on any atom is -0.366 e. The zero-order valence-corrected chi connectivity index (χ0v) is 14.1. The van der Waals surface area contributed by atoms with Crippen molar-refractivity contribution in [3.05, 3.63) is 23.4 Å². The highest BCUT2D eigenvalue weighted by molar-refractivity contribution is 6.23. The molecule has 6 aliphatic rings. The van der Waals surface area contributed by atoms with Crippen LogP contribution in [-0.2, 0) is 4.74 Å². The standard InChI is InChI=1S/C17H21N4O.ClH/c1-22-14-6-5-12-15-11-4-2-3-10-9-18-8-7-13(10)21(16(14)15)20-17(11)19-12;/h5-6,10-11,14,18H,2-4,7-9H2,1H3;1H/q+1;/b21-13-;. The van der Waals surface area contributed by atoms with E-state index in [0.29, 0.717) is 11.8 Å². The summed E-state index contributed by atoms with van der Waals surface area (Å²) in [5, 5.41) is 8.51. The first-order chi connectivity index (χ1) is 10.9. The molecule has 5 nitrogen and oxygen atoms in total. The third kappa shape index (κ3) is 2.10. The van der Waals surface area contributed by atoms with Crippen LogP contribution < -0.4 is 5.32 Å². The molecule has 1 saturated heterocycles. The Morgan fingerprint density at radius 1 is 1.35 bits per heavy atom. The summed E-state index contributed by atoms with van der Waals surface area (Å²) >= 11 is 0. The molecule has 0 aromatic rings. The van der Waals surface area contributed by atoms with E-state index in [4.69, 9.17) is 14.8 Å². The number of allylic oxidation sites excluding steroid dienone is 1. The van der Waals surface area contributed by atoms with Crippen molar-refractivity contribution < 1.29 is 9.42 Å². The largest absolute Gasteiger partial charge is 0.366 e. The minimum atomic E-state index is 0. The molecule has 0 spiro atoms. The lowest BCUT2D eigenvalue weighted by atomic mass is 9.85. The number of rotatable bonds is 1. The van der Waals surface area contributed by atoms with Crippen molar-refractivity contribution in [1.82, 2.24) is 5.32 Å². The van der Waals surface area contributed by atoms with E-state index in [2.05, 4.69) is 22.2 Å². The van der Waals surface area contributed by atoms with Gasteiger partial charge in [0.1, 0.15) is 0 Å². The number of ether oxygens (including phenoxy) is 1. The number of nitrogens with zero attached hydrogens (tertiary/aromatic N) is 3. The predicted octanol–water partition coefficient (Wildman–Crippen LogP) is 1.89. The van der Waals surface area contributed by atoms with Crippen LogP contribution in [0.5, 0.6) is 0 Å². The summed E-state index contributed by atoms with van der Waals surface area (Å²) < 4.78 is 7.97. The van der Waals surface area contributed by atoms with Crippen LogP contribution in [0.2, 0.25) is 0 Å². The van der Waals surface area contributed by atoms with Crippen molar-refractivity contribution in [3.8, 4) is 0 Å². The number of aliphatic imine (C=N–C) groups is 1. The van der Waals surface area contributed by atoms with E-state index in [1.807, 2.05) is 0 Å². The van der Waals surface area contributed by atoms with Crippen LogP contribution in [-0.4, -0.2) is 48.2 Å². The summed E-state index contributed by atoms with van der Waals surface area (Å²) in [5.41, 5.74) is 5.19. The molecule has 4 bridgehead atoms. The lowest BCUT2D eigenvalue weighted by molar-refractivity contribution is -0.497. The summed E-state index contributed by atoms with van der Waals surface area (Å²) in [6.45, 7) is 2.12. The summed E-state index contributed by atoms with van der Waals surface area (Å²) in [6.07, 6.45) is 8.97. The molecule has 5 aliphatic heterocycles. The van der Waals surface area contributed by atoms with E-state index < -0.39 is 0 Å². The van der Waals surface area contributed by atoms with Gasteiger partial charge in [-0.1, -0.05) is 11.1 Å². The number of methoxy groups -OCH3 is 1. The third-order valence-corrected chi connectivity index (χ3v) is 5.57. The van der Waals surface area contributed by atoms with Crippen LogP contribution in [0.3, 0.4) is 0 Å². The maximum Gasteiger partial charge on any atom is 0.253 e. The van der Waals surface area contributed by atoms with Gasteiger partial charge in [-0.05, 0) is 25.0 Å². The molecule has 122 valence electrons. The monoisotopic (exact) mass is 333 g/mol. The Balaban J connectivity index is 0.00000135. The van der Waals surface area contributed by atoms with Crippen LogP contribution in [0, 0.1) is 11.8 Å². The molecule has 6 rings (SSSR count). The molecule has 6 heteroatoms. The molecule has 1 aliphatic carbocycles. The Labute approximate surface area is 142 Å². The molecule has 1 N–H and O–H groups in total. The van der Waals surface area contributed by atoms with Crippen molar-refractivity contribution in [1.29, 1.82) is 0 Å². The lowest BCUT2D eigenvalue weighted by Gasteiger charge is -2.25. The fraction of sp³-hybridized carbons (Fsp3) is 0.588. The summed E-state index contributed by atoms with van der Waals surface area (Å²) in [4.78, 5) is 4.80. The van der Waals surface area contributed by atoms with E-state index >= 15 is 0 Å². The number of fused-ring (bicyclic) bond motifs is 2. The van der Waals surface area contributed by atoms with E-state index in [-0.39, 0.29) is 18.5 Å². The van der Waals surface area contributed by atoms with Crippen molar-refractivity contribution in [2.45, 2.75) is 31.8 Å². The third-order valence-electron chi connectivity index (χ3n) is 5.57. The van der Waals surface area contributed by atoms with Gasteiger partial charge < -0.3 is 10.1 Å². The molecule has 0 radical (unpaired) electrons. The molecule has 5 heterocycles. The molecular formula is C17H22ClN4O+. The van der Waals surface area contributed by atoms with Gasteiger partial charge >= 0.3 is 0 Å². The fourth-order valence-corrected chi connectivity index (χ4v) is 4.53. The maximum atomic E-state index is 5.76. The highest BCUT2D eigenvalue weighted by atomic mass is 35.5. The Morgan fingerprint density at radius 2 is 2.26 bits per heavy atom.